The number of ether oxygens (including phenoxy) is 2. The van der Waals surface area contributed by atoms with E-state index in [2.05, 4.69) is 5.32 Å². The van der Waals surface area contributed by atoms with Crippen LogP contribution in [0.15, 0.2) is 17.0 Å². The van der Waals surface area contributed by atoms with Gasteiger partial charge in [0.25, 0.3) is 0 Å². The number of carbonyl (C=O) groups excluding carboxylic acids is 1. The minimum absolute atomic E-state index is 0. The summed E-state index contributed by atoms with van der Waals surface area (Å²) < 4.78 is 38.6. The molecular weight excluding hydrogens is 394 g/mol. The molecule has 2 saturated heterocycles. The summed E-state index contributed by atoms with van der Waals surface area (Å²) in [6.45, 7) is 4.36. The molecule has 1 aromatic rings. The van der Waals surface area contributed by atoms with Crippen LogP contribution in [0.3, 0.4) is 0 Å². The van der Waals surface area contributed by atoms with Crippen molar-refractivity contribution in [3.05, 3.63) is 17.7 Å². The molecule has 1 unspecified atom stereocenters. The molecule has 1 N–H and O–H groups in total. The average Bonchev–Trinajstić information content (AvgIpc) is 3.08. The van der Waals surface area contributed by atoms with Gasteiger partial charge in [0.2, 0.25) is 22.7 Å². The summed E-state index contributed by atoms with van der Waals surface area (Å²) in [6, 6.07) is 3.19. The quantitative estimate of drug-likeness (QED) is 0.780. The molecule has 150 valence electrons. The van der Waals surface area contributed by atoms with E-state index in [4.69, 9.17) is 9.47 Å². The summed E-state index contributed by atoms with van der Waals surface area (Å²) in [6.07, 6.45) is 1.57. The third-order valence-electron chi connectivity index (χ3n) is 5.21. The summed E-state index contributed by atoms with van der Waals surface area (Å²) in [5.41, 5.74) is 0.634. The van der Waals surface area contributed by atoms with Crippen LogP contribution in [0.1, 0.15) is 18.4 Å². The van der Waals surface area contributed by atoms with Crippen LogP contribution in [0, 0.1) is 6.92 Å². The van der Waals surface area contributed by atoms with Gasteiger partial charge in [-0.15, -0.1) is 12.4 Å². The normalized spacial score (nSPS) is 23.2. The van der Waals surface area contributed by atoms with Gasteiger partial charge in [-0.05, 0) is 31.4 Å². The Morgan fingerprint density at radius 1 is 1.19 bits per heavy atom. The van der Waals surface area contributed by atoms with Crippen molar-refractivity contribution in [3.8, 4) is 11.5 Å². The minimum Gasteiger partial charge on any atom is -0.454 e. The number of halogens is 1. The van der Waals surface area contributed by atoms with Gasteiger partial charge in [-0.2, -0.15) is 4.31 Å². The Kier molecular flexibility index (Phi) is 5.85. The zero-order valence-corrected chi connectivity index (χ0v) is 16.8. The standard InChI is InChI=1S/C17H23N3O5S.ClH/c1-12-7-14-15(25-11-24-14)8-16(12)26(22,23)19-5-2-3-13(10-19)20-6-4-18-9-17(20)21;/h7-8,13,18H,2-6,9-11H2,1H3;1H. The molecule has 27 heavy (non-hydrogen) atoms. The van der Waals surface area contributed by atoms with Gasteiger partial charge in [-0.3, -0.25) is 4.79 Å². The second kappa shape index (κ2) is 7.83. The van der Waals surface area contributed by atoms with Crippen molar-refractivity contribution in [2.24, 2.45) is 0 Å². The summed E-state index contributed by atoms with van der Waals surface area (Å²) in [5.74, 6) is 1.07. The van der Waals surface area contributed by atoms with Crippen molar-refractivity contribution in [2.75, 3.05) is 39.5 Å². The average molecular weight is 418 g/mol. The van der Waals surface area contributed by atoms with E-state index in [1.807, 2.05) is 4.90 Å². The van der Waals surface area contributed by atoms with Crippen LogP contribution in [-0.2, 0) is 14.8 Å². The molecule has 3 aliphatic rings. The lowest BCUT2D eigenvalue weighted by Gasteiger charge is -2.40. The third kappa shape index (κ3) is 3.73. The smallest absolute Gasteiger partial charge is 0.243 e. The van der Waals surface area contributed by atoms with E-state index in [0.29, 0.717) is 43.2 Å². The Bertz CT molecular complexity index is 832. The number of hydrogen-bond acceptors (Lipinski definition) is 6. The second-order valence-corrected chi connectivity index (χ2v) is 8.80. The van der Waals surface area contributed by atoms with E-state index in [0.717, 1.165) is 19.4 Å². The molecule has 0 spiro atoms. The van der Waals surface area contributed by atoms with E-state index in [-0.39, 0.29) is 36.0 Å². The summed E-state index contributed by atoms with van der Waals surface area (Å²) >= 11 is 0. The van der Waals surface area contributed by atoms with E-state index in [9.17, 15) is 13.2 Å². The van der Waals surface area contributed by atoms with Gasteiger partial charge in [0.05, 0.1) is 11.4 Å². The van der Waals surface area contributed by atoms with Gasteiger partial charge < -0.3 is 19.7 Å². The number of benzene rings is 1. The number of piperidine rings is 1. The first kappa shape index (κ1) is 20.2. The molecule has 3 heterocycles. The minimum atomic E-state index is -3.66. The highest BCUT2D eigenvalue weighted by Gasteiger charge is 2.36. The highest BCUT2D eigenvalue weighted by atomic mass is 35.5. The lowest BCUT2D eigenvalue weighted by molar-refractivity contribution is -0.135. The Labute approximate surface area is 165 Å². The first-order valence-corrected chi connectivity index (χ1v) is 10.3. The first-order chi connectivity index (χ1) is 12.5. The highest BCUT2D eigenvalue weighted by molar-refractivity contribution is 7.89. The van der Waals surface area contributed by atoms with Crippen LogP contribution < -0.4 is 14.8 Å². The molecule has 1 atom stereocenters. The number of nitrogens with zero attached hydrogens (tertiary/aromatic N) is 2. The number of rotatable bonds is 3. The number of carbonyl (C=O) groups is 1. The van der Waals surface area contributed by atoms with Crippen LogP contribution in [0.4, 0.5) is 0 Å². The van der Waals surface area contributed by atoms with Crippen LogP contribution in [-0.4, -0.2) is 69.1 Å². The monoisotopic (exact) mass is 417 g/mol. The van der Waals surface area contributed by atoms with Crippen LogP contribution >= 0.6 is 12.4 Å². The molecule has 10 heteroatoms. The summed E-state index contributed by atoms with van der Waals surface area (Å²) in [4.78, 5) is 14.2. The van der Waals surface area contributed by atoms with Gasteiger partial charge in [0, 0.05) is 38.3 Å². The highest BCUT2D eigenvalue weighted by Crippen LogP contribution is 2.37. The van der Waals surface area contributed by atoms with Crippen LogP contribution in [0.2, 0.25) is 0 Å². The van der Waals surface area contributed by atoms with E-state index in [1.165, 1.54) is 4.31 Å². The summed E-state index contributed by atoms with van der Waals surface area (Å²) in [5, 5.41) is 3.05. The van der Waals surface area contributed by atoms with Crippen molar-refractivity contribution in [1.82, 2.24) is 14.5 Å². The van der Waals surface area contributed by atoms with Crippen molar-refractivity contribution in [1.29, 1.82) is 0 Å². The molecule has 0 saturated carbocycles. The molecule has 0 aliphatic carbocycles. The third-order valence-corrected chi connectivity index (χ3v) is 7.22. The van der Waals surface area contributed by atoms with Crippen molar-refractivity contribution in [2.45, 2.75) is 30.7 Å². The van der Waals surface area contributed by atoms with Gasteiger partial charge >= 0.3 is 0 Å². The Morgan fingerprint density at radius 3 is 2.67 bits per heavy atom. The lowest BCUT2D eigenvalue weighted by atomic mass is 10.1. The maximum Gasteiger partial charge on any atom is 0.243 e. The fourth-order valence-corrected chi connectivity index (χ4v) is 5.58. The molecule has 0 bridgehead atoms. The van der Waals surface area contributed by atoms with Gasteiger partial charge in [0.15, 0.2) is 11.5 Å². The Balaban J connectivity index is 0.00000210. The fraction of sp³-hybridized carbons (Fsp3) is 0.588. The maximum atomic E-state index is 13.2. The van der Waals surface area contributed by atoms with Gasteiger partial charge in [-0.1, -0.05) is 0 Å². The largest absolute Gasteiger partial charge is 0.454 e. The zero-order chi connectivity index (χ0) is 18.3. The molecule has 0 aromatic heterocycles. The van der Waals surface area contributed by atoms with Crippen LogP contribution in [0.25, 0.3) is 0 Å². The number of amides is 1. The van der Waals surface area contributed by atoms with Crippen molar-refractivity contribution >= 4 is 28.3 Å². The number of nitrogens with one attached hydrogen (secondary N) is 1. The van der Waals surface area contributed by atoms with Crippen molar-refractivity contribution < 1.29 is 22.7 Å². The van der Waals surface area contributed by atoms with E-state index >= 15 is 0 Å². The fourth-order valence-electron chi connectivity index (χ4n) is 3.84. The topological polar surface area (TPSA) is 88.2 Å². The Morgan fingerprint density at radius 2 is 1.93 bits per heavy atom. The first-order valence-electron chi connectivity index (χ1n) is 8.87. The van der Waals surface area contributed by atoms with E-state index < -0.39 is 10.0 Å². The molecular formula is C17H24ClN3O5S. The molecule has 8 nitrogen and oxygen atoms in total. The number of sulfonamides is 1. The predicted molar refractivity (Wildman–Crippen MR) is 101 cm³/mol. The lowest BCUT2D eigenvalue weighted by Crippen LogP contribution is -2.57. The molecule has 4 rings (SSSR count). The number of hydrogen-bond donors (Lipinski definition) is 1. The second-order valence-electron chi connectivity index (χ2n) is 6.89. The zero-order valence-electron chi connectivity index (χ0n) is 15.1. The summed E-state index contributed by atoms with van der Waals surface area (Å²) in [7, 11) is -3.66. The number of fused-ring (bicyclic) bond motifs is 1. The SMILES string of the molecule is Cc1cc2c(cc1S(=O)(=O)N1CCCC(N3CCNCC3=O)C1)OCO2.Cl. The maximum absolute atomic E-state index is 13.2. The molecule has 1 aromatic carbocycles. The molecule has 1 amide bonds. The van der Waals surface area contributed by atoms with Crippen molar-refractivity contribution in [3.63, 3.8) is 0 Å². The van der Waals surface area contributed by atoms with Crippen LogP contribution in [0.5, 0.6) is 11.5 Å². The Hall–Kier alpha value is -1.55. The van der Waals surface area contributed by atoms with Gasteiger partial charge in [0.1, 0.15) is 0 Å². The predicted octanol–water partition coefficient (Wildman–Crippen LogP) is 0.730. The molecule has 0 radical (unpaired) electrons. The van der Waals surface area contributed by atoms with E-state index in [1.54, 1.807) is 19.1 Å². The number of aryl methyl sites for hydroxylation is 1. The van der Waals surface area contributed by atoms with Gasteiger partial charge in [-0.25, -0.2) is 8.42 Å². The molecule has 2 fully saturated rings. The number of piperazine rings is 1. The molecule has 3 aliphatic heterocycles.